The number of benzene rings is 1. The molecule has 0 saturated heterocycles. The van der Waals surface area contributed by atoms with Crippen LogP contribution in [0.4, 0.5) is 0 Å². The molecule has 1 aromatic rings. The van der Waals surface area contributed by atoms with Gasteiger partial charge in [-0.05, 0) is 29.2 Å². The smallest absolute Gasteiger partial charge is 0.231 e. The van der Waals surface area contributed by atoms with Gasteiger partial charge in [0.2, 0.25) is 6.79 Å². The Bertz CT molecular complexity index is 347. The standard InChI is InChI=1S/C11H14O2S/c1-7(2)9-4-11-10(12-6-13-11)3-8(9)5-14/h3-4,7,14H,5-6H2,1-2H3. The lowest BCUT2D eigenvalue weighted by Gasteiger charge is -2.11. The average Bonchev–Trinajstić information content (AvgIpc) is 2.62. The van der Waals surface area contributed by atoms with Gasteiger partial charge in [-0.1, -0.05) is 13.8 Å². The Balaban J connectivity index is 2.49. The maximum atomic E-state index is 5.34. The van der Waals surface area contributed by atoms with Gasteiger partial charge in [-0.15, -0.1) is 0 Å². The van der Waals surface area contributed by atoms with Gasteiger partial charge in [0.15, 0.2) is 11.5 Å². The third kappa shape index (κ3) is 1.57. The molecule has 14 heavy (non-hydrogen) atoms. The highest BCUT2D eigenvalue weighted by Crippen LogP contribution is 2.37. The minimum absolute atomic E-state index is 0.336. The Morgan fingerprint density at radius 1 is 1.29 bits per heavy atom. The van der Waals surface area contributed by atoms with E-state index in [0.717, 1.165) is 17.3 Å². The Kier molecular flexibility index (Phi) is 2.59. The molecule has 0 bridgehead atoms. The van der Waals surface area contributed by atoms with Crippen molar-refractivity contribution in [1.29, 1.82) is 0 Å². The van der Waals surface area contributed by atoms with Crippen LogP contribution in [0.2, 0.25) is 0 Å². The largest absolute Gasteiger partial charge is 0.454 e. The molecule has 2 nitrogen and oxygen atoms in total. The van der Waals surface area contributed by atoms with E-state index in [1.165, 1.54) is 11.1 Å². The molecule has 0 amide bonds. The lowest BCUT2D eigenvalue weighted by molar-refractivity contribution is 0.174. The molecule has 0 aromatic heterocycles. The number of ether oxygens (including phenoxy) is 2. The second kappa shape index (κ2) is 3.73. The summed E-state index contributed by atoms with van der Waals surface area (Å²) < 4.78 is 10.7. The van der Waals surface area contributed by atoms with E-state index in [4.69, 9.17) is 9.47 Å². The highest BCUT2D eigenvalue weighted by atomic mass is 32.1. The zero-order valence-corrected chi connectivity index (χ0v) is 9.30. The molecule has 0 spiro atoms. The molecule has 0 unspecified atom stereocenters. The van der Waals surface area contributed by atoms with E-state index in [9.17, 15) is 0 Å². The zero-order valence-electron chi connectivity index (χ0n) is 8.41. The monoisotopic (exact) mass is 210 g/mol. The fourth-order valence-electron chi connectivity index (χ4n) is 1.67. The first-order chi connectivity index (χ1) is 6.72. The van der Waals surface area contributed by atoms with Gasteiger partial charge in [-0.3, -0.25) is 0 Å². The van der Waals surface area contributed by atoms with E-state index in [1.807, 2.05) is 6.07 Å². The van der Waals surface area contributed by atoms with Crippen molar-refractivity contribution in [2.24, 2.45) is 0 Å². The molecular weight excluding hydrogens is 196 g/mol. The summed E-state index contributed by atoms with van der Waals surface area (Å²) in [6, 6.07) is 4.10. The van der Waals surface area contributed by atoms with Gasteiger partial charge in [0.05, 0.1) is 0 Å². The Labute approximate surface area is 89.6 Å². The molecule has 76 valence electrons. The molecule has 1 aromatic carbocycles. The van der Waals surface area contributed by atoms with Crippen LogP contribution in [0.3, 0.4) is 0 Å². The fraction of sp³-hybridized carbons (Fsp3) is 0.455. The molecule has 0 fully saturated rings. The van der Waals surface area contributed by atoms with E-state index >= 15 is 0 Å². The van der Waals surface area contributed by atoms with Crippen molar-refractivity contribution < 1.29 is 9.47 Å². The first kappa shape index (κ1) is 9.71. The van der Waals surface area contributed by atoms with Crippen LogP contribution in [0, 0.1) is 0 Å². The lowest BCUT2D eigenvalue weighted by atomic mass is 9.97. The van der Waals surface area contributed by atoms with Crippen LogP contribution >= 0.6 is 12.6 Å². The third-order valence-electron chi connectivity index (χ3n) is 2.43. The first-order valence-corrected chi connectivity index (χ1v) is 5.39. The van der Waals surface area contributed by atoms with Gasteiger partial charge in [-0.25, -0.2) is 0 Å². The van der Waals surface area contributed by atoms with Crippen molar-refractivity contribution in [2.75, 3.05) is 6.79 Å². The van der Waals surface area contributed by atoms with E-state index in [1.54, 1.807) is 0 Å². The summed E-state index contributed by atoms with van der Waals surface area (Å²) >= 11 is 4.32. The Morgan fingerprint density at radius 2 is 1.93 bits per heavy atom. The van der Waals surface area contributed by atoms with Crippen LogP contribution in [0.15, 0.2) is 12.1 Å². The SMILES string of the molecule is CC(C)c1cc2c(cc1CS)OCO2. The minimum atomic E-state index is 0.336. The number of rotatable bonds is 2. The summed E-state index contributed by atoms with van der Waals surface area (Å²) in [5, 5.41) is 0. The number of hydrogen-bond donors (Lipinski definition) is 1. The van der Waals surface area contributed by atoms with Crippen LogP contribution in [-0.2, 0) is 5.75 Å². The van der Waals surface area contributed by atoms with Crippen molar-refractivity contribution in [3.63, 3.8) is 0 Å². The van der Waals surface area contributed by atoms with Crippen LogP contribution < -0.4 is 9.47 Å². The zero-order chi connectivity index (χ0) is 10.1. The second-order valence-corrected chi connectivity index (χ2v) is 4.03. The van der Waals surface area contributed by atoms with Crippen molar-refractivity contribution in [1.82, 2.24) is 0 Å². The maximum absolute atomic E-state index is 5.34. The normalized spacial score (nSPS) is 13.7. The summed E-state index contributed by atoms with van der Waals surface area (Å²) in [5.74, 6) is 2.94. The molecular formula is C11H14O2S. The Morgan fingerprint density at radius 3 is 2.50 bits per heavy atom. The van der Waals surface area contributed by atoms with Gasteiger partial charge in [0.1, 0.15) is 0 Å². The molecule has 0 saturated carbocycles. The van der Waals surface area contributed by atoms with E-state index in [0.29, 0.717) is 12.7 Å². The summed E-state index contributed by atoms with van der Waals surface area (Å²) in [7, 11) is 0. The molecule has 2 rings (SSSR count). The van der Waals surface area contributed by atoms with Crippen molar-refractivity contribution in [3.05, 3.63) is 23.3 Å². The van der Waals surface area contributed by atoms with Crippen LogP contribution in [-0.4, -0.2) is 6.79 Å². The lowest BCUT2D eigenvalue weighted by Crippen LogP contribution is -1.94. The molecule has 0 radical (unpaired) electrons. The predicted octanol–water partition coefficient (Wildman–Crippen LogP) is 2.97. The predicted molar refractivity (Wildman–Crippen MR) is 59.3 cm³/mol. The van der Waals surface area contributed by atoms with Crippen molar-refractivity contribution in [2.45, 2.75) is 25.5 Å². The molecule has 0 N–H and O–H groups in total. The van der Waals surface area contributed by atoms with Gasteiger partial charge in [0.25, 0.3) is 0 Å². The van der Waals surface area contributed by atoms with Gasteiger partial charge in [-0.2, -0.15) is 12.6 Å². The summed E-state index contributed by atoms with van der Waals surface area (Å²) in [4.78, 5) is 0. The number of hydrogen-bond acceptors (Lipinski definition) is 3. The second-order valence-electron chi connectivity index (χ2n) is 3.72. The van der Waals surface area contributed by atoms with Crippen LogP contribution in [0.1, 0.15) is 30.9 Å². The topological polar surface area (TPSA) is 18.5 Å². The van der Waals surface area contributed by atoms with Gasteiger partial charge >= 0.3 is 0 Å². The molecule has 0 atom stereocenters. The van der Waals surface area contributed by atoms with E-state index < -0.39 is 0 Å². The van der Waals surface area contributed by atoms with Crippen LogP contribution in [0.25, 0.3) is 0 Å². The summed E-state index contributed by atoms with van der Waals surface area (Å²) in [6.07, 6.45) is 0. The number of thiol groups is 1. The quantitative estimate of drug-likeness (QED) is 0.756. The average molecular weight is 210 g/mol. The highest BCUT2D eigenvalue weighted by Gasteiger charge is 2.17. The maximum Gasteiger partial charge on any atom is 0.231 e. The van der Waals surface area contributed by atoms with Crippen LogP contribution in [0.5, 0.6) is 11.5 Å². The van der Waals surface area contributed by atoms with Crippen molar-refractivity contribution in [3.8, 4) is 11.5 Å². The van der Waals surface area contributed by atoms with E-state index in [-0.39, 0.29) is 0 Å². The van der Waals surface area contributed by atoms with Gasteiger partial charge in [0, 0.05) is 5.75 Å². The van der Waals surface area contributed by atoms with E-state index in [2.05, 4.69) is 32.5 Å². The molecule has 1 heterocycles. The summed E-state index contributed by atoms with van der Waals surface area (Å²) in [6.45, 7) is 4.68. The Hall–Kier alpha value is -0.830. The third-order valence-corrected chi connectivity index (χ3v) is 2.77. The molecule has 1 aliphatic heterocycles. The minimum Gasteiger partial charge on any atom is -0.454 e. The summed E-state index contributed by atoms with van der Waals surface area (Å²) in [5.41, 5.74) is 2.52. The highest BCUT2D eigenvalue weighted by molar-refractivity contribution is 7.79. The molecule has 0 aliphatic carbocycles. The fourth-order valence-corrected chi connectivity index (χ4v) is 1.95. The van der Waals surface area contributed by atoms with Crippen molar-refractivity contribution >= 4 is 12.6 Å². The molecule has 3 heteroatoms. The first-order valence-electron chi connectivity index (χ1n) is 4.75. The number of fused-ring (bicyclic) bond motifs is 1. The van der Waals surface area contributed by atoms with Gasteiger partial charge < -0.3 is 9.47 Å². The molecule has 1 aliphatic rings.